The van der Waals surface area contributed by atoms with Gasteiger partial charge in [0.05, 0.1) is 12.7 Å². The maximum Gasteiger partial charge on any atom is 0.143 e. The zero-order valence-corrected chi connectivity index (χ0v) is 7.12. The summed E-state index contributed by atoms with van der Waals surface area (Å²) in [5.74, 6) is 2.04. The van der Waals surface area contributed by atoms with Gasteiger partial charge in [0.1, 0.15) is 11.5 Å². The fraction of sp³-hybridized carbons (Fsp3) is 0.500. The summed E-state index contributed by atoms with van der Waals surface area (Å²) in [6, 6.07) is 3.67. The van der Waals surface area contributed by atoms with Crippen molar-refractivity contribution in [1.82, 2.24) is 0 Å². The van der Waals surface area contributed by atoms with Gasteiger partial charge in [-0.15, -0.1) is 0 Å². The molecule has 1 saturated carbocycles. The van der Waals surface area contributed by atoms with Crippen LogP contribution in [0.1, 0.15) is 19.1 Å². The standard InChI is InChI=1S/C10H12O2/c1-7-5-9(7)10(11)6-8-3-2-4-12-8/h2-4,7,9H,5-6H2,1H3. The van der Waals surface area contributed by atoms with Gasteiger partial charge >= 0.3 is 0 Å². The second-order valence-electron chi connectivity index (χ2n) is 3.54. The van der Waals surface area contributed by atoms with E-state index in [9.17, 15) is 4.79 Å². The molecular weight excluding hydrogens is 152 g/mol. The summed E-state index contributed by atoms with van der Waals surface area (Å²) < 4.78 is 5.10. The van der Waals surface area contributed by atoms with Crippen LogP contribution in [0, 0.1) is 11.8 Å². The van der Waals surface area contributed by atoms with Gasteiger partial charge in [-0.1, -0.05) is 6.92 Å². The van der Waals surface area contributed by atoms with Crippen LogP contribution in [0.4, 0.5) is 0 Å². The molecule has 0 spiro atoms. The minimum Gasteiger partial charge on any atom is -0.469 e. The first-order chi connectivity index (χ1) is 5.77. The average Bonchev–Trinajstić information content (AvgIpc) is 2.58. The molecule has 1 heterocycles. The van der Waals surface area contributed by atoms with Gasteiger partial charge in [0.15, 0.2) is 0 Å². The second-order valence-corrected chi connectivity index (χ2v) is 3.54. The first-order valence-corrected chi connectivity index (χ1v) is 4.32. The lowest BCUT2D eigenvalue weighted by Gasteiger charge is -1.93. The van der Waals surface area contributed by atoms with Gasteiger partial charge in [0.25, 0.3) is 0 Å². The van der Waals surface area contributed by atoms with Crippen molar-refractivity contribution >= 4 is 5.78 Å². The Labute approximate surface area is 71.6 Å². The maximum atomic E-state index is 11.4. The molecule has 0 bridgehead atoms. The molecule has 0 amide bonds. The lowest BCUT2D eigenvalue weighted by Crippen LogP contribution is -2.04. The molecule has 0 saturated heterocycles. The molecule has 1 aromatic heterocycles. The molecule has 0 N–H and O–H groups in total. The minimum atomic E-state index is 0.315. The van der Waals surface area contributed by atoms with E-state index in [1.165, 1.54) is 0 Å². The molecule has 0 aromatic carbocycles. The van der Waals surface area contributed by atoms with Crippen LogP contribution in [-0.2, 0) is 11.2 Å². The van der Waals surface area contributed by atoms with Crippen LogP contribution >= 0.6 is 0 Å². The highest BCUT2D eigenvalue weighted by molar-refractivity contribution is 5.85. The van der Waals surface area contributed by atoms with Gasteiger partial charge in [-0.05, 0) is 24.5 Å². The van der Waals surface area contributed by atoms with E-state index < -0.39 is 0 Å². The highest BCUT2D eigenvalue weighted by Crippen LogP contribution is 2.39. The van der Waals surface area contributed by atoms with Crippen molar-refractivity contribution in [3.63, 3.8) is 0 Å². The molecule has 1 fully saturated rings. The first kappa shape index (κ1) is 7.59. The molecule has 64 valence electrons. The predicted molar refractivity (Wildman–Crippen MR) is 44.7 cm³/mol. The third-order valence-corrected chi connectivity index (χ3v) is 2.45. The summed E-state index contributed by atoms with van der Waals surface area (Å²) >= 11 is 0. The normalized spacial score (nSPS) is 27.1. The fourth-order valence-corrected chi connectivity index (χ4v) is 1.49. The molecule has 0 aliphatic heterocycles. The van der Waals surface area contributed by atoms with Gasteiger partial charge in [-0.3, -0.25) is 4.79 Å². The fourth-order valence-electron chi connectivity index (χ4n) is 1.49. The lowest BCUT2D eigenvalue weighted by molar-refractivity contribution is -0.120. The predicted octanol–water partition coefficient (Wildman–Crippen LogP) is 2.05. The number of carbonyl (C=O) groups is 1. The van der Waals surface area contributed by atoms with Crippen LogP contribution in [0.25, 0.3) is 0 Å². The highest BCUT2D eigenvalue weighted by atomic mass is 16.3. The third-order valence-electron chi connectivity index (χ3n) is 2.45. The second kappa shape index (κ2) is 2.77. The van der Waals surface area contributed by atoms with Crippen LogP contribution in [0.5, 0.6) is 0 Å². The Balaban J connectivity index is 1.92. The number of carbonyl (C=O) groups excluding carboxylic acids is 1. The molecule has 1 aliphatic rings. The van der Waals surface area contributed by atoms with Gasteiger partial charge in [-0.2, -0.15) is 0 Å². The molecule has 12 heavy (non-hydrogen) atoms. The average molecular weight is 164 g/mol. The summed E-state index contributed by atoms with van der Waals surface area (Å²) in [5.41, 5.74) is 0. The van der Waals surface area contributed by atoms with Crippen LogP contribution in [0.2, 0.25) is 0 Å². The summed E-state index contributed by atoms with van der Waals surface area (Å²) in [7, 11) is 0. The summed E-state index contributed by atoms with van der Waals surface area (Å²) in [6.07, 6.45) is 3.15. The van der Waals surface area contributed by atoms with E-state index in [2.05, 4.69) is 6.92 Å². The van der Waals surface area contributed by atoms with Crippen LogP contribution < -0.4 is 0 Å². The SMILES string of the molecule is CC1CC1C(=O)Cc1ccco1. The zero-order chi connectivity index (χ0) is 8.55. The number of hydrogen-bond acceptors (Lipinski definition) is 2. The summed E-state index contributed by atoms with van der Waals surface area (Å²) in [4.78, 5) is 11.4. The lowest BCUT2D eigenvalue weighted by atomic mass is 10.1. The Hall–Kier alpha value is -1.05. The van der Waals surface area contributed by atoms with E-state index >= 15 is 0 Å². The van der Waals surface area contributed by atoms with Gasteiger partial charge in [0, 0.05) is 5.92 Å². The molecule has 2 atom stereocenters. The van der Waals surface area contributed by atoms with Crippen LogP contribution in [0.3, 0.4) is 0 Å². The summed E-state index contributed by atoms with van der Waals surface area (Å²) in [6.45, 7) is 2.12. The monoisotopic (exact) mass is 164 g/mol. The number of Topliss-reactive ketones (excluding diaryl/α,β-unsaturated/α-hetero) is 1. The smallest absolute Gasteiger partial charge is 0.143 e. The Morgan fingerprint density at radius 1 is 1.75 bits per heavy atom. The van der Waals surface area contributed by atoms with E-state index in [1.54, 1.807) is 6.26 Å². The van der Waals surface area contributed by atoms with Gasteiger partial charge < -0.3 is 4.42 Å². The largest absolute Gasteiger partial charge is 0.469 e. The number of rotatable bonds is 3. The topological polar surface area (TPSA) is 30.2 Å². The minimum absolute atomic E-state index is 0.315. The highest BCUT2D eigenvalue weighted by Gasteiger charge is 2.38. The van der Waals surface area contributed by atoms with E-state index in [1.807, 2.05) is 12.1 Å². The first-order valence-electron chi connectivity index (χ1n) is 4.32. The molecule has 2 nitrogen and oxygen atoms in total. The molecular formula is C10H12O2. The van der Waals surface area contributed by atoms with Crippen molar-refractivity contribution in [2.24, 2.45) is 11.8 Å². The maximum absolute atomic E-state index is 11.4. The molecule has 2 heteroatoms. The Kier molecular flexibility index (Phi) is 1.75. The number of furan rings is 1. The van der Waals surface area contributed by atoms with E-state index in [-0.39, 0.29) is 0 Å². The van der Waals surface area contributed by atoms with Crippen molar-refractivity contribution in [2.45, 2.75) is 19.8 Å². The van der Waals surface area contributed by atoms with E-state index in [0.29, 0.717) is 24.0 Å². The Morgan fingerprint density at radius 2 is 2.50 bits per heavy atom. The van der Waals surface area contributed by atoms with Crippen molar-refractivity contribution in [2.75, 3.05) is 0 Å². The van der Waals surface area contributed by atoms with Crippen molar-refractivity contribution < 1.29 is 9.21 Å². The van der Waals surface area contributed by atoms with Crippen LogP contribution in [-0.4, -0.2) is 5.78 Å². The molecule has 0 radical (unpaired) electrons. The van der Waals surface area contributed by atoms with Crippen molar-refractivity contribution in [3.8, 4) is 0 Å². The van der Waals surface area contributed by atoms with Gasteiger partial charge in [0.2, 0.25) is 0 Å². The Bertz CT molecular complexity index is 274. The molecule has 1 aromatic rings. The zero-order valence-electron chi connectivity index (χ0n) is 7.12. The molecule has 1 aliphatic carbocycles. The van der Waals surface area contributed by atoms with Gasteiger partial charge in [-0.25, -0.2) is 0 Å². The molecule has 2 rings (SSSR count). The number of ketones is 1. The van der Waals surface area contributed by atoms with Crippen molar-refractivity contribution in [1.29, 1.82) is 0 Å². The Morgan fingerprint density at radius 3 is 3.00 bits per heavy atom. The third kappa shape index (κ3) is 1.42. The van der Waals surface area contributed by atoms with E-state index in [4.69, 9.17) is 4.42 Å². The quantitative estimate of drug-likeness (QED) is 0.684. The number of hydrogen-bond donors (Lipinski definition) is 0. The summed E-state index contributed by atoms with van der Waals surface area (Å²) in [5, 5.41) is 0. The molecule has 2 unspecified atom stereocenters. The van der Waals surface area contributed by atoms with Crippen LogP contribution in [0.15, 0.2) is 22.8 Å². The van der Waals surface area contributed by atoms with Crippen molar-refractivity contribution in [3.05, 3.63) is 24.2 Å². The van der Waals surface area contributed by atoms with E-state index in [0.717, 1.165) is 12.2 Å².